The third-order valence-corrected chi connectivity index (χ3v) is 8.14. The number of H-pyrrole nitrogens is 1. The first-order valence-corrected chi connectivity index (χ1v) is 13.2. The summed E-state index contributed by atoms with van der Waals surface area (Å²) in [6.45, 7) is 2.06. The van der Waals surface area contributed by atoms with Crippen LogP contribution in [0.5, 0.6) is 0 Å². The van der Waals surface area contributed by atoms with E-state index < -0.39 is 17.7 Å². The minimum absolute atomic E-state index is 0.0276. The molecule has 200 valence electrons. The van der Waals surface area contributed by atoms with Crippen molar-refractivity contribution in [2.75, 3.05) is 4.90 Å². The van der Waals surface area contributed by atoms with E-state index in [4.69, 9.17) is 4.74 Å². The predicted octanol–water partition coefficient (Wildman–Crippen LogP) is 6.70. The number of carboxylic acid groups (broad SMARTS) is 1. The lowest BCUT2D eigenvalue weighted by Crippen LogP contribution is -2.46. The number of aromatic nitrogens is 2. The van der Waals surface area contributed by atoms with E-state index in [0.717, 1.165) is 55.8 Å². The number of anilines is 1. The van der Waals surface area contributed by atoms with Crippen molar-refractivity contribution in [2.24, 2.45) is 0 Å². The minimum Gasteiger partial charge on any atom is -0.478 e. The van der Waals surface area contributed by atoms with Crippen molar-refractivity contribution in [3.05, 3.63) is 70.7 Å². The summed E-state index contributed by atoms with van der Waals surface area (Å²) in [4.78, 5) is 21.7. The maximum absolute atomic E-state index is 13.8. The molecule has 2 bridgehead atoms. The van der Waals surface area contributed by atoms with E-state index in [0.29, 0.717) is 23.0 Å². The van der Waals surface area contributed by atoms with Crippen molar-refractivity contribution < 1.29 is 27.8 Å². The highest BCUT2D eigenvalue weighted by molar-refractivity contribution is 5.88. The number of hydrogen-bond acceptors (Lipinski definition) is 4. The summed E-state index contributed by atoms with van der Waals surface area (Å²) in [6.07, 6.45) is 2.78. The van der Waals surface area contributed by atoms with E-state index in [9.17, 15) is 23.1 Å². The van der Waals surface area contributed by atoms with Crippen LogP contribution in [-0.2, 0) is 17.5 Å². The van der Waals surface area contributed by atoms with Gasteiger partial charge in [-0.3, -0.25) is 0 Å². The molecule has 1 saturated carbocycles. The summed E-state index contributed by atoms with van der Waals surface area (Å²) in [5, 5.41) is 9.48. The van der Waals surface area contributed by atoms with Gasteiger partial charge in [-0.15, -0.1) is 0 Å². The average Bonchev–Trinajstić information content (AvgIpc) is 3.57. The third-order valence-electron chi connectivity index (χ3n) is 8.14. The van der Waals surface area contributed by atoms with Gasteiger partial charge < -0.3 is 19.7 Å². The summed E-state index contributed by atoms with van der Waals surface area (Å²) in [7, 11) is 0. The molecule has 0 spiro atoms. The molecule has 4 heterocycles. The molecule has 2 aromatic heterocycles. The Balaban J connectivity index is 1.22. The quantitative estimate of drug-likeness (QED) is 0.359. The molecule has 3 aromatic rings. The Hall–Kier alpha value is -3.33. The zero-order chi connectivity index (χ0) is 26.6. The van der Waals surface area contributed by atoms with E-state index in [1.54, 1.807) is 31.3 Å². The molecule has 6 rings (SSSR count). The topological polar surface area (TPSA) is 78.5 Å². The average molecular weight is 526 g/mol. The second-order valence-electron chi connectivity index (χ2n) is 10.8. The van der Waals surface area contributed by atoms with Gasteiger partial charge in [-0.2, -0.15) is 13.2 Å². The fourth-order valence-electron chi connectivity index (χ4n) is 6.31. The number of aryl methyl sites for hydroxylation is 1. The van der Waals surface area contributed by atoms with Crippen molar-refractivity contribution in [3.63, 3.8) is 0 Å². The molecule has 0 amide bonds. The van der Waals surface area contributed by atoms with Crippen molar-refractivity contribution in [1.82, 2.24) is 9.97 Å². The SMILES string of the molecule is Cc1cc(C(=O)O)cc(N2C3CCC2CC(OCc2c(-c4ccccc4C(F)(F)F)c[nH]c2C2CC2)C3)n1. The summed E-state index contributed by atoms with van der Waals surface area (Å²) in [5.74, 6) is 0.0680. The molecule has 3 aliphatic rings. The van der Waals surface area contributed by atoms with Gasteiger partial charge >= 0.3 is 12.1 Å². The highest BCUT2D eigenvalue weighted by Gasteiger charge is 2.42. The van der Waals surface area contributed by atoms with Crippen molar-refractivity contribution in [2.45, 2.75) is 82.3 Å². The van der Waals surface area contributed by atoms with E-state index in [1.165, 1.54) is 12.1 Å². The molecule has 9 heteroatoms. The summed E-state index contributed by atoms with van der Waals surface area (Å²) in [5.41, 5.74) is 2.82. The van der Waals surface area contributed by atoms with Crippen LogP contribution in [0.4, 0.5) is 19.0 Å². The molecule has 2 N–H and O–H groups in total. The fourth-order valence-corrected chi connectivity index (χ4v) is 6.31. The van der Waals surface area contributed by atoms with Crippen molar-refractivity contribution >= 4 is 11.8 Å². The molecular weight excluding hydrogens is 495 g/mol. The van der Waals surface area contributed by atoms with Crippen molar-refractivity contribution in [3.8, 4) is 11.1 Å². The maximum Gasteiger partial charge on any atom is 0.417 e. The van der Waals surface area contributed by atoms with E-state index in [1.807, 2.05) is 0 Å². The summed E-state index contributed by atoms with van der Waals surface area (Å²) >= 11 is 0. The largest absolute Gasteiger partial charge is 0.478 e. The van der Waals surface area contributed by atoms with Crippen LogP contribution in [0, 0.1) is 6.92 Å². The summed E-state index contributed by atoms with van der Waals surface area (Å²) in [6, 6.07) is 9.32. The van der Waals surface area contributed by atoms with Crippen LogP contribution in [0.2, 0.25) is 0 Å². The van der Waals surface area contributed by atoms with Gasteiger partial charge in [0, 0.05) is 40.8 Å². The molecule has 2 atom stereocenters. The lowest BCUT2D eigenvalue weighted by Gasteiger charge is -2.40. The molecule has 2 unspecified atom stereocenters. The van der Waals surface area contributed by atoms with Crippen LogP contribution in [0.3, 0.4) is 0 Å². The Bertz CT molecular complexity index is 1350. The van der Waals surface area contributed by atoms with Gasteiger partial charge in [0.15, 0.2) is 0 Å². The molecular formula is C29H30F3N3O3. The lowest BCUT2D eigenvalue weighted by molar-refractivity contribution is -0.137. The Morgan fingerprint density at radius 3 is 2.47 bits per heavy atom. The zero-order valence-corrected chi connectivity index (χ0v) is 21.1. The number of rotatable bonds is 7. The molecule has 3 fully saturated rings. The van der Waals surface area contributed by atoms with Crippen LogP contribution in [0.25, 0.3) is 11.1 Å². The van der Waals surface area contributed by atoms with Crippen molar-refractivity contribution in [1.29, 1.82) is 0 Å². The molecule has 2 saturated heterocycles. The number of hydrogen-bond donors (Lipinski definition) is 2. The molecule has 38 heavy (non-hydrogen) atoms. The number of benzene rings is 1. The number of carboxylic acids is 1. The van der Waals surface area contributed by atoms with Crippen LogP contribution in [0.1, 0.15) is 77.3 Å². The molecule has 1 aliphatic carbocycles. The monoisotopic (exact) mass is 525 g/mol. The highest BCUT2D eigenvalue weighted by atomic mass is 19.4. The van der Waals surface area contributed by atoms with Crippen LogP contribution >= 0.6 is 0 Å². The third kappa shape index (κ3) is 4.68. The van der Waals surface area contributed by atoms with Gasteiger partial charge in [0.1, 0.15) is 5.82 Å². The number of pyridine rings is 1. The number of halogens is 3. The van der Waals surface area contributed by atoms with Gasteiger partial charge in [-0.25, -0.2) is 9.78 Å². The molecule has 2 aliphatic heterocycles. The summed E-state index contributed by atoms with van der Waals surface area (Å²) < 4.78 is 47.8. The van der Waals surface area contributed by atoms with Crippen LogP contribution in [0.15, 0.2) is 42.6 Å². The number of nitrogens with one attached hydrogen (secondary N) is 1. The Morgan fingerprint density at radius 1 is 1.11 bits per heavy atom. The number of piperidine rings is 1. The van der Waals surface area contributed by atoms with Gasteiger partial charge in [-0.05, 0) is 75.1 Å². The number of fused-ring (bicyclic) bond motifs is 2. The molecule has 1 aromatic carbocycles. The predicted molar refractivity (Wildman–Crippen MR) is 136 cm³/mol. The fraction of sp³-hybridized carbons (Fsp3) is 0.448. The van der Waals surface area contributed by atoms with Crippen LogP contribution < -0.4 is 4.90 Å². The number of ether oxygens (including phenoxy) is 1. The lowest BCUT2D eigenvalue weighted by atomic mass is 9.96. The first kappa shape index (κ1) is 25.0. The Kier molecular flexibility index (Phi) is 6.21. The molecule has 0 radical (unpaired) electrons. The van der Waals surface area contributed by atoms with Gasteiger partial charge in [-0.1, -0.05) is 18.2 Å². The maximum atomic E-state index is 13.8. The highest BCUT2D eigenvalue weighted by Crippen LogP contribution is 2.46. The van der Waals surface area contributed by atoms with E-state index in [2.05, 4.69) is 14.9 Å². The van der Waals surface area contributed by atoms with Gasteiger partial charge in [0.25, 0.3) is 0 Å². The van der Waals surface area contributed by atoms with E-state index in [-0.39, 0.29) is 35.9 Å². The van der Waals surface area contributed by atoms with E-state index >= 15 is 0 Å². The van der Waals surface area contributed by atoms with Gasteiger partial charge in [0.05, 0.1) is 23.8 Å². The number of carbonyl (C=O) groups is 1. The Morgan fingerprint density at radius 2 is 1.82 bits per heavy atom. The molecule has 6 nitrogen and oxygen atoms in total. The first-order chi connectivity index (χ1) is 18.2. The zero-order valence-electron chi connectivity index (χ0n) is 21.1. The Labute approximate surface area is 218 Å². The number of alkyl halides is 3. The standard InChI is InChI=1S/C29H30F3N3O3/c1-16-10-18(28(36)37)11-26(34-16)35-19-8-9-20(35)13-21(12-19)38-15-24-23(14-33-27(24)17-6-7-17)22-4-2-3-5-25(22)29(30,31)32/h2-5,10-11,14,17,19-21,33H,6-9,12-13,15H2,1H3,(H,36,37). The second kappa shape index (κ2) is 9.45. The smallest absolute Gasteiger partial charge is 0.417 e. The van der Waals surface area contributed by atoms with Gasteiger partial charge in [0.2, 0.25) is 0 Å². The normalized spacial score (nSPS) is 23.2. The second-order valence-corrected chi connectivity index (χ2v) is 10.8. The number of aromatic carboxylic acids is 1. The first-order valence-electron chi connectivity index (χ1n) is 13.2. The van der Waals surface area contributed by atoms with Crippen LogP contribution in [-0.4, -0.2) is 39.2 Å². The number of nitrogens with zero attached hydrogens (tertiary/aromatic N) is 2. The number of aromatic amines is 1. The minimum atomic E-state index is -4.44.